The molecule has 0 saturated heterocycles. The van der Waals surface area contributed by atoms with E-state index in [1.807, 2.05) is 0 Å². The molecule has 0 atom stereocenters. The molecule has 0 radical (unpaired) electrons. The number of aromatic carboxylic acids is 1. The van der Waals surface area contributed by atoms with E-state index >= 15 is 0 Å². The summed E-state index contributed by atoms with van der Waals surface area (Å²) >= 11 is 0. The lowest BCUT2D eigenvalue weighted by atomic mass is 10.1. The third-order valence-corrected chi connectivity index (χ3v) is 2.66. The van der Waals surface area contributed by atoms with Crippen molar-refractivity contribution < 1.29 is 14.7 Å². The lowest BCUT2D eigenvalue weighted by molar-refractivity contribution is -0.122. The van der Waals surface area contributed by atoms with Crippen LogP contribution >= 0.6 is 0 Å². The molecule has 6 nitrogen and oxygen atoms in total. The van der Waals surface area contributed by atoms with E-state index in [0.29, 0.717) is 0 Å². The molecule has 0 aliphatic carbocycles. The molecular formula is C12H13N3O3. The minimum absolute atomic E-state index is 0.0340. The van der Waals surface area contributed by atoms with Gasteiger partial charge in [0.1, 0.15) is 11.2 Å². The Labute approximate surface area is 104 Å². The molecule has 0 unspecified atom stereocenters. The number of carbonyl (C=O) groups is 2. The van der Waals surface area contributed by atoms with E-state index < -0.39 is 11.5 Å². The van der Waals surface area contributed by atoms with Gasteiger partial charge in [0.05, 0.1) is 5.56 Å². The summed E-state index contributed by atoms with van der Waals surface area (Å²) in [7, 11) is 0. The van der Waals surface area contributed by atoms with Crippen molar-refractivity contribution in [1.29, 1.82) is 0 Å². The summed E-state index contributed by atoms with van der Waals surface area (Å²) in [5, 5.41) is 11.7. The molecular weight excluding hydrogens is 234 g/mol. The van der Waals surface area contributed by atoms with Crippen LogP contribution in [0.3, 0.4) is 0 Å². The maximum absolute atomic E-state index is 11.6. The molecule has 1 amide bonds. The second kappa shape index (κ2) is 3.90. The zero-order valence-corrected chi connectivity index (χ0v) is 10.3. The number of carboxylic acids is 1. The first-order valence-electron chi connectivity index (χ1n) is 5.43. The van der Waals surface area contributed by atoms with Crippen molar-refractivity contribution in [3.8, 4) is 0 Å². The summed E-state index contributed by atoms with van der Waals surface area (Å²) in [5.74, 6) is -1.15. The Kier molecular flexibility index (Phi) is 2.65. The van der Waals surface area contributed by atoms with E-state index in [1.165, 1.54) is 6.07 Å². The minimum atomic E-state index is -1.09. The average Bonchev–Trinajstić information content (AvgIpc) is 2.53. The number of carboxylic acid groups (broad SMARTS) is 1. The fourth-order valence-electron chi connectivity index (χ4n) is 1.65. The predicted molar refractivity (Wildman–Crippen MR) is 64.7 cm³/mol. The van der Waals surface area contributed by atoms with Crippen molar-refractivity contribution in [2.24, 2.45) is 4.99 Å². The summed E-state index contributed by atoms with van der Waals surface area (Å²) in [6.45, 7) is 5.07. The number of carbonyl (C=O) groups excluding carboxylic acids is 1. The number of aliphatic imine (C=N–C) groups is 1. The third-order valence-electron chi connectivity index (χ3n) is 2.66. The fraction of sp³-hybridized carbons (Fsp3) is 0.333. The molecule has 1 aromatic heterocycles. The molecule has 94 valence electrons. The summed E-state index contributed by atoms with van der Waals surface area (Å²) < 4.78 is 0. The van der Waals surface area contributed by atoms with Crippen LogP contribution in [0.2, 0.25) is 0 Å². The molecule has 1 aliphatic rings. The number of pyridine rings is 1. The van der Waals surface area contributed by atoms with Crippen molar-refractivity contribution >= 4 is 17.7 Å². The normalized spacial score (nSPS) is 17.3. The molecule has 18 heavy (non-hydrogen) atoms. The highest BCUT2D eigenvalue weighted by Crippen LogP contribution is 2.19. The molecule has 2 rings (SSSR count). The first kappa shape index (κ1) is 12.2. The van der Waals surface area contributed by atoms with Crippen LogP contribution in [0.15, 0.2) is 17.3 Å². The Balaban J connectivity index is 2.54. The zero-order valence-electron chi connectivity index (χ0n) is 10.3. The van der Waals surface area contributed by atoms with Crippen LogP contribution in [-0.4, -0.2) is 33.3 Å². The average molecular weight is 247 g/mol. The van der Waals surface area contributed by atoms with Crippen LogP contribution in [0, 0.1) is 6.92 Å². The van der Waals surface area contributed by atoms with E-state index in [2.05, 4.69) is 15.3 Å². The van der Waals surface area contributed by atoms with E-state index in [0.717, 1.165) is 5.56 Å². The van der Waals surface area contributed by atoms with Crippen molar-refractivity contribution in [2.45, 2.75) is 26.3 Å². The number of aromatic nitrogens is 1. The van der Waals surface area contributed by atoms with Crippen molar-refractivity contribution in [3.05, 3.63) is 29.1 Å². The van der Waals surface area contributed by atoms with Gasteiger partial charge in [-0.2, -0.15) is 0 Å². The van der Waals surface area contributed by atoms with Gasteiger partial charge in [-0.25, -0.2) is 4.79 Å². The number of nitrogens with zero attached hydrogens (tertiary/aromatic N) is 2. The largest absolute Gasteiger partial charge is 0.478 e. The van der Waals surface area contributed by atoms with E-state index in [9.17, 15) is 9.59 Å². The van der Waals surface area contributed by atoms with Gasteiger partial charge in [0.2, 0.25) is 0 Å². The second-order valence-corrected chi connectivity index (χ2v) is 4.69. The Hall–Kier alpha value is -2.24. The van der Waals surface area contributed by atoms with E-state index in [1.54, 1.807) is 27.0 Å². The fourth-order valence-corrected chi connectivity index (χ4v) is 1.65. The highest BCUT2D eigenvalue weighted by atomic mass is 16.4. The molecule has 0 saturated carbocycles. The zero-order chi connectivity index (χ0) is 13.5. The van der Waals surface area contributed by atoms with Gasteiger partial charge in [0.15, 0.2) is 5.84 Å². The Bertz CT molecular complexity index is 576. The molecule has 1 aliphatic heterocycles. The van der Waals surface area contributed by atoms with Gasteiger partial charge in [0, 0.05) is 6.20 Å². The number of amidine groups is 1. The molecule has 6 heteroatoms. The number of aryl methyl sites for hydroxylation is 1. The smallest absolute Gasteiger partial charge is 0.338 e. The van der Waals surface area contributed by atoms with Crippen LogP contribution < -0.4 is 5.32 Å². The van der Waals surface area contributed by atoms with Crippen LogP contribution in [-0.2, 0) is 4.79 Å². The van der Waals surface area contributed by atoms with Gasteiger partial charge in [0.25, 0.3) is 5.91 Å². The van der Waals surface area contributed by atoms with E-state index in [-0.39, 0.29) is 23.0 Å². The lowest BCUT2D eigenvalue weighted by Gasteiger charge is -2.07. The van der Waals surface area contributed by atoms with Crippen molar-refractivity contribution in [1.82, 2.24) is 10.3 Å². The first-order valence-corrected chi connectivity index (χ1v) is 5.43. The number of nitrogens with one attached hydrogen (secondary N) is 1. The standard InChI is InChI=1S/C12H13N3O3/c1-6-4-7(10(16)17)8(13-5-6)9-14-11(18)12(2,3)15-9/h4-5H,1-3H3,(H,16,17)(H,14,15,18). The molecule has 1 aromatic rings. The number of amides is 1. The predicted octanol–water partition coefficient (Wildman–Crippen LogP) is 0.743. The van der Waals surface area contributed by atoms with Gasteiger partial charge < -0.3 is 10.4 Å². The summed E-state index contributed by atoms with van der Waals surface area (Å²) in [6.07, 6.45) is 1.54. The quantitative estimate of drug-likeness (QED) is 0.806. The number of hydrogen-bond acceptors (Lipinski definition) is 4. The topological polar surface area (TPSA) is 91.7 Å². The summed E-state index contributed by atoms with van der Waals surface area (Å²) in [4.78, 5) is 31.0. The molecule has 0 spiro atoms. The minimum Gasteiger partial charge on any atom is -0.478 e. The van der Waals surface area contributed by atoms with Gasteiger partial charge in [-0.15, -0.1) is 0 Å². The highest BCUT2D eigenvalue weighted by Gasteiger charge is 2.36. The summed E-state index contributed by atoms with van der Waals surface area (Å²) in [5.41, 5.74) is 0.0663. The van der Waals surface area contributed by atoms with Gasteiger partial charge in [-0.3, -0.25) is 14.8 Å². The molecule has 0 fully saturated rings. The highest BCUT2D eigenvalue weighted by molar-refractivity contribution is 6.17. The lowest BCUT2D eigenvalue weighted by Crippen LogP contribution is -2.35. The summed E-state index contributed by atoms with van der Waals surface area (Å²) in [6, 6.07) is 1.50. The molecule has 0 bridgehead atoms. The number of rotatable bonds is 2. The Morgan fingerprint density at radius 3 is 2.61 bits per heavy atom. The van der Waals surface area contributed by atoms with Gasteiger partial charge >= 0.3 is 5.97 Å². The van der Waals surface area contributed by atoms with Crippen molar-refractivity contribution in [2.75, 3.05) is 0 Å². The van der Waals surface area contributed by atoms with Gasteiger partial charge in [-0.1, -0.05) is 0 Å². The van der Waals surface area contributed by atoms with E-state index in [4.69, 9.17) is 5.11 Å². The van der Waals surface area contributed by atoms with Crippen LogP contribution in [0.4, 0.5) is 0 Å². The Morgan fingerprint density at radius 1 is 1.44 bits per heavy atom. The molecule has 2 N–H and O–H groups in total. The van der Waals surface area contributed by atoms with Crippen LogP contribution in [0.25, 0.3) is 0 Å². The van der Waals surface area contributed by atoms with Crippen molar-refractivity contribution in [3.63, 3.8) is 0 Å². The first-order chi connectivity index (χ1) is 8.31. The van der Waals surface area contributed by atoms with Crippen LogP contribution in [0.5, 0.6) is 0 Å². The van der Waals surface area contributed by atoms with Crippen LogP contribution in [0.1, 0.15) is 35.5 Å². The second-order valence-electron chi connectivity index (χ2n) is 4.69. The maximum Gasteiger partial charge on any atom is 0.338 e. The number of hydrogen-bond donors (Lipinski definition) is 2. The molecule has 0 aromatic carbocycles. The maximum atomic E-state index is 11.6. The Morgan fingerprint density at radius 2 is 2.11 bits per heavy atom. The SMILES string of the molecule is Cc1cnc(C2=NC(C)(C)C(=O)N2)c(C(=O)O)c1. The third kappa shape index (κ3) is 1.97. The van der Waals surface area contributed by atoms with Gasteiger partial charge in [-0.05, 0) is 32.4 Å². The molecule has 2 heterocycles. The monoisotopic (exact) mass is 247 g/mol.